The second-order valence-electron chi connectivity index (χ2n) is 3.23. The molecule has 0 bridgehead atoms. The summed E-state index contributed by atoms with van der Waals surface area (Å²) in [6, 6.07) is 3.64. The number of nitrogens with zero attached hydrogens (tertiary/aromatic N) is 1. The van der Waals surface area contributed by atoms with Crippen molar-refractivity contribution in [1.82, 2.24) is 4.98 Å². The van der Waals surface area contributed by atoms with Crippen molar-refractivity contribution < 1.29 is 13.9 Å². The van der Waals surface area contributed by atoms with Gasteiger partial charge in [-0.25, -0.2) is 4.98 Å². The van der Waals surface area contributed by atoms with Crippen LogP contribution in [0.15, 0.2) is 26.6 Å². The van der Waals surface area contributed by atoms with Gasteiger partial charge in [-0.15, -0.1) is 11.3 Å². The Morgan fingerprint density at radius 3 is 3.06 bits per heavy atom. The summed E-state index contributed by atoms with van der Waals surface area (Å²) in [5.74, 6) is 0.432. The average molecular weight is 316 g/mol. The van der Waals surface area contributed by atoms with Crippen molar-refractivity contribution >= 4 is 33.2 Å². The molecule has 0 aliphatic rings. The zero-order chi connectivity index (χ0) is 12.3. The lowest BCUT2D eigenvalue weighted by Gasteiger charge is -1.97. The van der Waals surface area contributed by atoms with Gasteiger partial charge in [-0.1, -0.05) is 0 Å². The Hall–Kier alpha value is -1.14. The van der Waals surface area contributed by atoms with Crippen LogP contribution in [0.1, 0.15) is 12.6 Å². The van der Waals surface area contributed by atoms with Crippen molar-refractivity contribution in [2.45, 2.75) is 13.3 Å². The molecular formula is C11H10BrNO3S. The number of rotatable bonds is 4. The summed E-state index contributed by atoms with van der Waals surface area (Å²) in [6.07, 6.45) is 0.201. The van der Waals surface area contributed by atoms with E-state index >= 15 is 0 Å². The zero-order valence-electron chi connectivity index (χ0n) is 9.10. The molecule has 0 unspecified atom stereocenters. The fraction of sp³-hybridized carbons (Fsp3) is 0.273. The minimum Gasteiger partial charge on any atom is -0.466 e. The van der Waals surface area contributed by atoms with Crippen LogP contribution in [0.25, 0.3) is 10.8 Å². The first-order valence-corrected chi connectivity index (χ1v) is 6.72. The van der Waals surface area contributed by atoms with Gasteiger partial charge in [0.1, 0.15) is 0 Å². The van der Waals surface area contributed by atoms with E-state index in [4.69, 9.17) is 9.15 Å². The Bertz CT molecular complexity index is 520. The SMILES string of the molecule is CCOC(=O)Cc1csc(-c2ccc(Br)o2)n1. The van der Waals surface area contributed by atoms with Gasteiger partial charge < -0.3 is 9.15 Å². The largest absolute Gasteiger partial charge is 0.466 e. The fourth-order valence-corrected chi connectivity index (χ4v) is 2.38. The highest BCUT2D eigenvalue weighted by molar-refractivity contribution is 9.10. The van der Waals surface area contributed by atoms with Gasteiger partial charge in [0.05, 0.1) is 18.7 Å². The van der Waals surface area contributed by atoms with Gasteiger partial charge >= 0.3 is 5.97 Å². The van der Waals surface area contributed by atoms with E-state index in [1.807, 2.05) is 17.5 Å². The molecule has 0 radical (unpaired) electrons. The van der Waals surface area contributed by atoms with Crippen LogP contribution in [0, 0.1) is 0 Å². The lowest BCUT2D eigenvalue weighted by atomic mass is 10.3. The molecule has 0 amide bonds. The maximum atomic E-state index is 11.3. The predicted molar refractivity (Wildman–Crippen MR) is 67.9 cm³/mol. The summed E-state index contributed by atoms with van der Waals surface area (Å²) in [5, 5.41) is 2.60. The van der Waals surface area contributed by atoms with Gasteiger partial charge in [-0.05, 0) is 35.0 Å². The number of carbonyl (C=O) groups is 1. The molecule has 0 N–H and O–H groups in total. The summed E-state index contributed by atoms with van der Waals surface area (Å²) < 4.78 is 10.9. The minimum atomic E-state index is -0.259. The smallest absolute Gasteiger partial charge is 0.311 e. The quantitative estimate of drug-likeness (QED) is 0.812. The van der Waals surface area contributed by atoms with Crippen LogP contribution >= 0.6 is 27.3 Å². The Balaban J connectivity index is 2.08. The zero-order valence-corrected chi connectivity index (χ0v) is 11.5. The number of hydrogen-bond acceptors (Lipinski definition) is 5. The molecule has 6 heteroatoms. The number of halogens is 1. The first-order valence-electron chi connectivity index (χ1n) is 5.04. The van der Waals surface area contributed by atoms with E-state index in [9.17, 15) is 4.79 Å². The maximum absolute atomic E-state index is 11.3. The van der Waals surface area contributed by atoms with Crippen LogP contribution in [0.2, 0.25) is 0 Å². The molecule has 2 rings (SSSR count). The minimum absolute atomic E-state index is 0.201. The summed E-state index contributed by atoms with van der Waals surface area (Å²) in [6.45, 7) is 2.17. The maximum Gasteiger partial charge on any atom is 0.311 e. The molecule has 0 saturated heterocycles. The van der Waals surface area contributed by atoms with Crippen molar-refractivity contribution in [3.8, 4) is 10.8 Å². The Kier molecular flexibility index (Phi) is 3.96. The molecular weight excluding hydrogens is 306 g/mol. The lowest BCUT2D eigenvalue weighted by Crippen LogP contribution is -2.07. The van der Waals surface area contributed by atoms with E-state index in [1.54, 1.807) is 6.92 Å². The van der Waals surface area contributed by atoms with Crippen molar-refractivity contribution in [2.24, 2.45) is 0 Å². The van der Waals surface area contributed by atoms with Crippen LogP contribution in [-0.2, 0) is 16.0 Å². The molecule has 2 aromatic rings. The van der Waals surface area contributed by atoms with Crippen LogP contribution in [0.5, 0.6) is 0 Å². The fourth-order valence-electron chi connectivity index (χ4n) is 1.29. The van der Waals surface area contributed by atoms with E-state index < -0.39 is 0 Å². The highest BCUT2D eigenvalue weighted by atomic mass is 79.9. The second-order valence-corrected chi connectivity index (χ2v) is 4.87. The summed E-state index contributed by atoms with van der Waals surface area (Å²) >= 11 is 4.68. The van der Waals surface area contributed by atoms with E-state index in [0.717, 1.165) is 5.01 Å². The molecule has 17 heavy (non-hydrogen) atoms. The average Bonchev–Trinajstić information content (AvgIpc) is 2.87. The number of carbonyl (C=O) groups excluding carboxylic acids is 1. The van der Waals surface area contributed by atoms with Gasteiger partial charge in [0.2, 0.25) is 0 Å². The van der Waals surface area contributed by atoms with E-state index in [1.165, 1.54) is 11.3 Å². The highest BCUT2D eigenvalue weighted by Gasteiger charge is 2.11. The molecule has 0 atom stereocenters. The predicted octanol–water partition coefficient (Wildman–Crippen LogP) is 3.27. The Morgan fingerprint density at radius 1 is 1.59 bits per heavy atom. The number of hydrogen-bond donors (Lipinski definition) is 0. The topological polar surface area (TPSA) is 52.3 Å². The van der Waals surface area contributed by atoms with Gasteiger partial charge in [0.25, 0.3) is 0 Å². The number of aromatic nitrogens is 1. The third-order valence-electron chi connectivity index (χ3n) is 1.97. The normalized spacial score (nSPS) is 10.5. The van der Waals surface area contributed by atoms with E-state index in [-0.39, 0.29) is 12.4 Å². The molecule has 4 nitrogen and oxygen atoms in total. The molecule has 0 spiro atoms. The summed E-state index contributed by atoms with van der Waals surface area (Å²) in [5.41, 5.74) is 0.705. The summed E-state index contributed by atoms with van der Waals surface area (Å²) in [4.78, 5) is 15.6. The third-order valence-corrected chi connectivity index (χ3v) is 3.30. The van der Waals surface area contributed by atoms with Crippen molar-refractivity contribution in [3.05, 3.63) is 27.9 Å². The van der Waals surface area contributed by atoms with Crippen LogP contribution in [0.4, 0.5) is 0 Å². The highest BCUT2D eigenvalue weighted by Crippen LogP contribution is 2.27. The molecule has 0 aromatic carbocycles. The molecule has 90 valence electrons. The van der Waals surface area contributed by atoms with E-state index in [2.05, 4.69) is 20.9 Å². The number of furan rings is 1. The van der Waals surface area contributed by atoms with Gasteiger partial charge in [-0.2, -0.15) is 0 Å². The third kappa shape index (κ3) is 3.17. The van der Waals surface area contributed by atoms with Crippen molar-refractivity contribution in [3.63, 3.8) is 0 Å². The van der Waals surface area contributed by atoms with Crippen LogP contribution < -0.4 is 0 Å². The first-order chi connectivity index (χ1) is 8.19. The van der Waals surface area contributed by atoms with Crippen molar-refractivity contribution in [1.29, 1.82) is 0 Å². The molecule has 2 aromatic heterocycles. The second kappa shape index (κ2) is 5.46. The molecule has 0 saturated carbocycles. The van der Waals surface area contributed by atoms with Crippen LogP contribution in [0.3, 0.4) is 0 Å². The van der Waals surface area contributed by atoms with Crippen LogP contribution in [-0.4, -0.2) is 17.6 Å². The Morgan fingerprint density at radius 2 is 2.41 bits per heavy atom. The number of ether oxygens (including phenoxy) is 1. The standard InChI is InChI=1S/C11H10BrNO3S/c1-2-15-10(14)5-7-6-17-11(13-7)8-3-4-9(12)16-8/h3-4,6H,2,5H2,1H3. The van der Waals surface area contributed by atoms with Gasteiger partial charge in [0, 0.05) is 5.38 Å². The molecule has 0 aliphatic heterocycles. The van der Waals surface area contributed by atoms with Crippen molar-refractivity contribution in [2.75, 3.05) is 6.61 Å². The molecule has 2 heterocycles. The Labute approximate surface area is 111 Å². The number of thiazole rings is 1. The molecule has 0 fully saturated rings. The molecule has 0 aliphatic carbocycles. The first kappa shape index (κ1) is 12.3. The van der Waals surface area contributed by atoms with E-state index in [0.29, 0.717) is 22.7 Å². The van der Waals surface area contributed by atoms with Gasteiger partial charge in [0.15, 0.2) is 15.4 Å². The summed E-state index contributed by atoms with van der Waals surface area (Å²) in [7, 11) is 0. The monoisotopic (exact) mass is 315 g/mol. The van der Waals surface area contributed by atoms with Gasteiger partial charge in [-0.3, -0.25) is 4.79 Å². The lowest BCUT2D eigenvalue weighted by molar-refractivity contribution is -0.142. The number of esters is 1.